The summed E-state index contributed by atoms with van der Waals surface area (Å²) in [6.07, 6.45) is 0. The summed E-state index contributed by atoms with van der Waals surface area (Å²) in [6, 6.07) is 17.1. The summed E-state index contributed by atoms with van der Waals surface area (Å²) < 4.78 is 1.30. The molecule has 1 nitrogen and oxygen atoms in total. The number of rotatable bonds is 2. The minimum Gasteiger partial charge on any atom is -0.320 e. The Bertz CT molecular complexity index is 694. The second-order valence-electron chi connectivity index (χ2n) is 5.01. The van der Waals surface area contributed by atoms with Crippen molar-refractivity contribution in [2.75, 3.05) is 0 Å². The Kier molecular flexibility index (Phi) is 3.13. The van der Waals surface area contributed by atoms with Gasteiger partial charge in [0.25, 0.3) is 0 Å². The first-order chi connectivity index (χ1) is 9.15. The molecule has 0 amide bonds. The summed E-state index contributed by atoms with van der Waals surface area (Å²) in [5, 5.41) is 1.28. The van der Waals surface area contributed by atoms with Gasteiger partial charge < -0.3 is 5.73 Å². The van der Waals surface area contributed by atoms with Crippen LogP contribution >= 0.6 is 11.3 Å². The first kappa shape index (κ1) is 12.4. The Hall–Kier alpha value is -1.64. The van der Waals surface area contributed by atoms with Crippen LogP contribution in [0.15, 0.2) is 48.5 Å². The lowest BCUT2D eigenvalue weighted by Crippen LogP contribution is -2.10. The lowest BCUT2D eigenvalue weighted by molar-refractivity contribution is 0.891. The molecule has 0 saturated heterocycles. The van der Waals surface area contributed by atoms with E-state index in [2.05, 4.69) is 62.4 Å². The average molecular weight is 267 g/mol. The van der Waals surface area contributed by atoms with E-state index in [1.54, 1.807) is 11.3 Å². The highest BCUT2D eigenvalue weighted by atomic mass is 32.1. The topological polar surface area (TPSA) is 26.0 Å². The summed E-state index contributed by atoms with van der Waals surface area (Å²) in [7, 11) is 0. The molecule has 0 spiro atoms. The molecular formula is C17H17NS. The van der Waals surface area contributed by atoms with Crippen LogP contribution in [0.4, 0.5) is 0 Å². The molecule has 0 aliphatic rings. The fraction of sp³-hybridized carbons (Fsp3) is 0.176. The van der Waals surface area contributed by atoms with Crippen LogP contribution in [0.25, 0.3) is 10.1 Å². The summed E-state index contributed by atoms with van der Waals surface area (Å²) in [6.45, 7) is 4.26. The minimum atomic E-state index is -0.0308. The van der Waals surface area contributed by atoms with Crippen LogP contribution in [0.3, 0.4) is 0 Å². The molecule has 1 unspecified atom stereocenters. The highest BCUT2D eigenvalue weighted by Gasteiger charge is 2.12. The molecule has 2 heteroatoms. The predicted octanol–water partition coefficient (Wildman–Crippen LogP) is 4.57. The molecule has 1 heterocycles. The standard InChI is InChI=1S/C17H17NS/c1-11-7-8-14(9-12(11)2)17(18)16-10-13-5-3-4-6-15(13)19-16/h3-10,17H,18H2,1-2H3. The van der Waals surface area contributed by atoms with Crippen molar-refractivity contribution in [3.63, 3.8) is 0 Å². The molecule has 2 aromatic carbocycles. The molecule has 1 atom stereocenters. The maximum atomic E-state index is 6.41. The predicted molar refractivity (Wildman–Crippen MR) is 83.8 cm³/mol. The Balaban J connectivity index is 2.02. The number of nitrogens with two attached hydrogens (primary N) is 1. The molecule has 0 aliphatic heterocycles. The second kappa shape index (κ2) is 4.80. The van der Waals surface area contributed by atoms with Crippen molar-refractivity contribution in [3.8, 4) is 0 Å². The maximum absolute atomic E-state index is 6.41. The van der Waals surface area contributed by atoms with Crippen LogP contribution in [0, 0.1) is 13.8 Å². The van der Waals surface area contributed by atoms with E-state index >= 15 is 0 Å². The van der Waals surface area contributed by atoms with Gasteiger partial charge in [0.1, 0.15) is 0 Å². The van der Waals surface area contributed by atoms with Gasteiger partial charge in [0.05, 0.1) is 6.04 Å². The number of aryl methyl sites for hydroxylation is 2. The number of fused-ring (bicyclic) bond motifs is 1. The molecule has 3 aromatic rings. The lowest BCUT2D eigenvalue weighted by atomic mass is 10.0. The number of thiophene rings is 1. The Labute approximate surface area is 117 Å². The first-order valence-corrected chi connectivity index (χ1v) is 7.28. The molecule has 0 radical (unpaired) electrons. The summed E-state index contributed by atoms with van der Waals surface area (Å²) in [5.41, 5.74) is 10.2. The Morgan fingerprint density at radius 3 is 2.47 bits per heavy atom. The van der Waals surface area contributed by atoms with E-state index in [1.165, 1.54) is 31.7 Å². The monoisotopic (exact) mass is 267 g/mol. The zero-order valence-electron chi connectivity index (χ0n) is 11.2. The van der Waals surface area contributed by atoms with Gasteiger partial charge in [-0.15, -0.1) is 11.3 Å². The van der Waals surface area contributed by atoms with Gasteiger partial charge in [-0.3, -0.25) is 0 Å². The normalized spacial score (nSPS) is 12.8. The van der Waals surface area contributed by atoms with E-state index in [4.69, 9.17) is 5.73 Å². The second-order valence-corrected chi connectivity index (χ2v) is 6.12. The van der Waals surface area contributed by atoms with E-state index in [0.29, 0.717) is 0 Å². The van der Waals surface area contributed by atoms with Crippen LogP contribution in [0.2, 0.25) is 0 Å². The van der Waals surface area contributed by atoms with Crippen molar-refractivity contribution >= 4 is 21.4 Å². The van der Waals surface area contributed by atoms with Gasteiger partial charge in [-0.05, 0) is 48.1 Å². The van der Waals surface area contributed by atoms with Gasteiger partial charge in [0, 0.05) is 9.58 Å². The van der Waals surface area contributed by atoms with Crippen molar-refractivity contribution in [2.45, 2.75) is 19.9 Å². The maximum Gasteiger partial charge on any atom is 0.0646 e. The third kappa shape index (κ3) is 2.29. The van der Waals surface area contributed by atoms with E-state index in [9.17, 15) is 0 Å². The molecule has 2 N–H and O–H groups in total. The van der Waals surface area contributed by atoms with Gasteiger partial charge in [0.15, 0.2) is 0 Å². The Morgan fingerprint density at radius 2 is 1.74 bits per heavy atom. The van der Waals surface area contributed by atoms with Crippen LogP contribution in [-0.2, 0) is 0 Å². The Morgan fingerprint density at radius 1 is 0.947 bits per heavy atom. The van der Waals surface area contributed by atoms with Gasteiger partial charge in [-0.2, -0.15) is 0 Å². The van der Waals surface area contributed by atoms with E-state index in [0.717, 1.165) is 0 Å². The molecule has 3 rings (SSSR count). The van der Waals surface area contributed by atoms with Crippen molar-refractivity contribution in [3.05, 3.63) is 70.1 Å². The van der Waals surface area contributed by atoms with Crippen LogP contribution in [0.5, 0.6) is 0 Å². The molecule has 0 fully saturated rings. The van der Waals surface area contributed by atoms with Crippen molar-refractivity contribution < 1.29 is 0 Å². The third-order valence-electron chi connectivity index (χ3n) is 3.64. The number of benzene rings is 2. The van der Waals surface area contributed by atoms with Crippen molar-refractivity contribution in [1.29, 1.82) is 0 Å². The summed E-state index contributed by atoms with van der Waals surface area (Å²) >= 11 is 1.79. The SMILES string of the molecule is Cc1ccc(C(N)c2cc3ccccc3s2)cc1C. The fourth-order valence-electron chi connectivity index (χ4n) is 2.28. The van der Waals surface area contributed by atoms with E-state index < -0.39 is 0 Å². The zero-order valence-corrected chi connectivity index (χ0v) is 12.0. The van der Waals surface area contributed by atoms with Gasteiger partial charge in [-0.1, -0.05) is 36.4 Å². The van der Waals surface area contributed by atoms with E-state index in [1.807, 2.05) is 0 Å². The summed E-state index contributed by atoms with van der Waals surface area (Å²) in [5.74, 6) is 0. The average Bonchev–Trinajstić information content (AvgIpc) is 2.85. The van der Waals surface area contributed by atoms with Crippen molar-refractivity contribution in [2.24, 2.45) is 5.73 Å². The summed E-state index contributed by atoms with van der Waals surface area (Å²) in [4.78, 5) is 1.23. The first-order valence-electron chi connectivity index (χ1n) is 6.46. The van der Waals surface area contributed by atoms with Crippen molar-refractivity contribution in [1.82, 2.24) is 0 Å². The van der Waals surface area contributed by atoms with Crippen LogP contribution < -0.4 is 5.73 Å². The van der Waals surface area contributed by atoms with Gasteiger partial charge in [0.2, 0.25) is 0 Å². The van der Waals surface area contributed by atoms with E-state index in [-0.39, 0.29) is 6.04 Å². The largest absolute Gasteiger partial charge is 0.320 e. The number of hydrogen-bond acceptors (Lipinski definition) is 2. The third-order valence-corrected chi connectivity index (χ3v) is 4.84. The zero-order chi connectivity index (χ0) is 13.4. The fourth-order valence-corrected chi connectivity index (χ4v) is 3.37. The molecule has 1 aromatic heterocycles. The highest BCUT2D eigenvalue weighted by Crippen LogP contribution is 2.32. The molecule has 0 bridgehead atoms. The van der Waals surface area contributed by atoms with Gasteiger partial charge >= 0.3 is 0 Å². The van der Waals surface area contributed by atoms with Crippen LogP contribution in [0.1, 0.15) is 27.6 Å². The molecule has 0 saturated carbocycles. The molecule has 96 valence electrons. The van der Waals surface area contributed by atoms with Crippen LogP contribution in [-0.4, -0.2) is 0 Å². The van der Waals surface area contributed by atoms with Gasteiger partial charge in [-0.25, -0.2) is 0 Å². The number of hydrogen-bond donors (Lipinski definition) is 1. The molecule has 19 heavy (non-hydrogen) atoms. The molecule has 0 aliphatic carbocycles. The highest BCUT2D eigenvalue weighted by molar-refractivity contribution is 7.19. The minimum absolute atomic E-state index is 0.0308. The lowest BCUT2D eigenvalue weighted by Gasteiger charge is -2.11. The quantitative estimate of drug-likeness (QED) is 0.723. The molecular weight excluding hydrogens is 250 g/mol. The smallest absolute Gasteiger partial charge is 0.0646 e.